The van der Waals surface area contributed by atoms with E-state index in [1.807, 2.05) is 0 Å². The Labute approximate surface area is 504 Å². The van der Waals surface area contributed by atoms with E-state index in [4.69, 9.17) is 23.2 Å². The summed E-state index contributed by atoms with van der Waals surface area (Å²) in [5.74, 6) is -0.771. The van der Waals surface area contributed by atoms with Crippen LogP contribution >= 0.6 is 23.2 Å². The number of hydrogen-bond acceptors (Lipinski definition) is 22. The van der Waals surface area contributed by atoms with E-state index in [1.165, 1.54) is 48.5 Å². The summed E-state index contributed by atoms with van der Waals surface area (Å²) in [5, 5.41) is 10.1. The molecular formula is C32H20Cl2K2N10Na2O12S4. The second-order valence-electron chi connectivity index (χ2n) is 11.7. The van der Waals surface area contributed by atoms with Gasteiger partial charge in [0.25, 0.3) is 0 Å². The number of halogens is 2. The number of hydrogen-bond donors (Lipinski definition) is 4. The summed E-state index contributed by atoms with van der Waals surface area (Å²) < 4.78 is 141. The summed E-state index contributed by atoms with van der Waals surface area (Å²) in [7, 11) is -19.8. The standard InChI is InChI=1S/C32H24Cl2N10O12S4.2K.2Na/c33-27-39-29(35-19-7-11-23(12-8-19)57(45,46)47)43-31(41-27)37-21-5-3-17(25(15-21)59(51,52)53)1-2-18-4-6-22(16-26(18)60(54,55)56)38-32-42-28(34)40-30(44-32)36-20-9-13-24(14-10-20)58(48,49)50;;;;/h1-16H,(H,45,46,47)(H,48,49,50)(H,51,52,53)(H,54,55,56)(H2,35,37,39,41,43)(H2,36,38,40,42,44);;;;/q;4*+1/p-4/b2-1+;;;;. The van der Waals surface area contributed by atoms with Crippen LogP contribution in [0.25, 0.3) is 12.2 Å². The first-order chi connectivity index (χ1) is 28.0. The molecule has 32 heteroatoms. The molecule has 0 bridgehead atoms. The van der Waals surface area contributed by atoms with Crippen LogP contribution in [0.4, 0.5) is 46.5 Å². The maximum atomic E-state index is 12.3. The molecule has 2 heterocycles. The Hall–Kier alpha value is -0.667. The maximum absolute atomic E-state index is 12.3. The number of anilines is 8. The zero-order valence-electron chi connectivity index (χ0n) is 33.2. The molecule has 0 saturated carbocycles. The van der Waals surface area contributed by atoms with Gasteiger partial charge in [-0.2, -0.15) is 29.9 Å². The number of benzene rings is 4. The van der Waals surface area contributed by atoms with Crippen molar-refractivity contribution in [1.29, 1.82) is 0 Å². The quantitative estimate of drug-likeness (QED) is 0.0447. The number of nitrogens with one attached hydrogen (secondary N) is 4. The molecule has 6 rings (SSSR count). The molecule has 22 nitrogen and oxygen atoms in total. The number of rotatable bonds is 14. The average molecular weight is 1060 g/mol. The zero-order valence-corrected chi connectivity index (χ0v) is 48.2. The summed E-state index contributed by atoms with van der Waals surface area (Å²) in [4.78, 5) is 21.3. The third kappa shape index (κ3) is 17.1. The average Bonchev–Trinajstić information content (AvgIpc) is 3.13. The SMILES string of the molecule is O=S(=O)([O-])c1ccc(Nc2nc(Cl)nc(Nc3ccc(/C=C/c4ccc(Nc5nc(Cl)nc(Nc6ccc(S(=O)(=O)[O-])cc6)n5)cc4S(=O)(=O)[O-])c(S(=O)(=O)[O-])c3)n2)cc1.[K+].[K+].[Na+].[Na+]. The summed E-state index contributed by atoms with van der Waals surface area (Å²) in [6.07, 6.45) is 2.17. The third-order valence-electron chi connectivity index (χ3n) is 7.54. The van der Waals surface area contributed by atoms with E-state index < -0.39 is 60.1 Å². The van der Waals surface area contributed by atoms with Crippen molar-refractivity contribution in [2.45, 2.75) is 19.6 Å². The van der Waals surface area contributed by atoms with Gasteiger partial charge in [0, 0.05) is 22.7 Å². The zero-order chi connectivity index (χ0) is 43.6. The van der Waals surface area contributed by atoms with Gasteiger partial charge < -0.3 is 39.5 Å². The van der Waals surface area contributed by atoms with Gasteiger partial charge in [-0.25, -0.2) is 33.7 Å². The molecule has 4 aromatic carbocycles. The van der Waals surface area contributed by atoms with Gasteiger partial charge in [0.2, 0.25) is 34.4 Å². The van der Waals surface area contributed by atoms with E-state index in [0.717, 1.165) is 48.6 Å². The Morgan fingerprint density at radius 2 is 0.672 bits per heavy atom. The molecule has 0 aliphatic rings. The second-order valence-corrected chi connectivity index (χ2v) is 17.8. The van der Waals surface area contributed by atoms with Crippen LogP contribution in [0.3, 0.4) is 0 Å². The van der Waals surface area contributed by atoms with Crippen molar-refractivity contribution >= 4 is 122 Å². The second kappa shape index (κ2) is 24.8. The normalized spacial score (nSPS) is 11.5. The van der Waals surface area contributed by atoms with E-state index in [2.05, 4.69) is 51.2 Å². The topological polar surface area (TPSA) is 354 Å². The van der Waals surface area contributed by atoms with Crippen LogP contribution in [0.2, 0.25) is 10.6 Å². The van der Waals surface area contributed by atoms with Crippen LogP contribution in [0.15, 0.2) is 105 Å². The molecule has 0 saturated heterocycles. The van der Waals surface area contributed by atoms with E-state index in [9.17, 15) is 51.9 Å². The molecule has 0 spiro atoms. The molecule has 0 aliphatic heterocycles. The van der Waals surface area contributed by atoms with Crippen molar-refractivity contribution in [2.24, 2.45) is 0 Å². The van der Waals surface area contributed by atoms with Crippen LogP contribution in [-0.4, -0.2) is 81.8 Å². The van der Waals surface area contributed by atoms with Gasteiger partial charge in [0.1, 0.15) is 40.5 Å². The molecule has 2 aromatic heterocycles. The Morgan fingerprint density at radius 1 is 0.406 bits per heavy atom. The molecule has 6 aromatic rings. The minimum atomic E-state index is -5.20. The van der Waals surface area contributed by atoms with Crippen molar-refractivity contribution in [1.82, 2.24) is 29.9 Å². The van der Waals surface area contributed by atoms with Gasteiger partial charge in [-0.15, -0.1) is 0 Å². The molecule has 0 aliphatic carbocycles. The maximum Gasteiger partial charge on any atom is 1.00 e. The fourth-order valence-electron chi connectivity index (χ4n) is 4.96. The van der Waals surface area contributed by atoms with Gasteiger partial charge in [0.15, 0.2) is 0 Å². The van der Waals surface area contributed by atoms with E-state index in [0.29, 0.717) is 0 Å². The largest absolute Gasteiger partial charge is 1.00 e. The molecule has 64 heavy (non-hydrogen) atoms. The van der Waals surface area contributed by atoms with Crippen LogP contribution < -0.4 is 183 Å². The number of nitrogens with zero attached hydrogens (tertiary/aromatic N) is 6. The number of aromatic nitrogens is 6. The monoisotopic (exact) mass is 1060 g/mol. The first kappa shape index (κ1) is 59.5. The van der Waals surface area contributed by atoms with Crippen LogP contribution in [0, 0.1) is 0 Å². The summed E-state index contributed by atoms with van der Waals surface area (Å²) in [6, 6.07) is 16.1. The minimum Gasteiger partial charge on any atom is -0.744 e. The van der Waals surface area contributed by atoms with Crippen LogP contribution in [0.5, 0.6) is 0 Å². The van der Waals surface area contributed by atoms with Crippen molar-refractivity contribution in [3.05, 3.63) is 107 Å². The van der Waals surface area contributed by atoms with Crippen molar-refractivity contribution < 1.29 is 214 Å². The Kier molecular flexibility index (Phi) is 23.0. The molecular weight excluding hydrogens is 1040 g/mol. The fourth-order valence-corrected chi connectivity index (χ4v) is 7.61. The van der Waals surface area contributed by atoms with E-state index in [1.54, 1.807) is 0 Å². The van der Waals surface area contributed by atoms with Gasteiger partial charge >= 0.3 is 162 Å². The summed E-state index contributed by atoms with van der Waals surface area (Å²) in [5.41, 5.74) is 0.0369. The Morgan fingerprint density at radius 3 is 0.938 bits per heavy atom. The molecule has 0 amide bonds. The van der Waals surface area contributed by atoms with Gasteiger partial charge in [-0.3, -0.25) is 0 Å². The van der Waals surface area contributed by atoms with Gasteiger partial charge in [-0.1, -0.05) is 24.3 Å². The minimum absolute atomic E-state index is 0. The molecule has 312 valence electrons. The first-order valence-electron chi connectivity index (χ1n) is 15.9. The molecule has 4 N–H and O–H groups in total. The Bertz CT molecular complexity index is 2940. The van der Waals surface area contributed by atoms with Gasteiger partial charge in [-0.05, 0) is 107 Å². The summed E-state index contributed by atoms with van der Waals surface area (Å²) in [6.45, 7) is 0. The Balaban J connectivity index is 0.00000352. The first-order valence-corrected chi connectivity index (χ1v) is 22.3. The van der Waals surface area contributed by atoms with Crippen LogP contribution in [-0.2, 0) is 40.5 Å². The van der Waals surface area contributed by atoms with E-state index in [-0.39, 0.29) is 230 Å². The fraction of sp³-hybridized carbons (Fsp3) is 0. The van der Waals surface area contributed by atoms with Gasteiger partial charge in [0.05, 0.1) is 19.6 Å². The van der Waals surface area contributed by atoms with Crippen LogP contribution in [0.1, 0.15) is 11.1 Å². The molecule has 0 atom stereocenters. The molecule has 0 fully saturated rings. The molecule has 0 unspecified atom stereocenters. The van der Waals surface area contributed by atoms with Crippen molar-refractivity contribution in [2.75, 3.05) is 21.3 Å². The smallest absolute Gasteiger partial charge is 0.744 e. The van der Waals surface area contributed by atoms with Crippen molar-refractivity contribution in [3.8, 4) is 0 Å². The predicted octanol–water partition coefficient (Wildman–Crippen LogP) is -7.86. The third-order valence-corrected chi connectivity index (χ3v) is 11.4. The summed E-state index contributed by atoms with van der Waals surface area (Å²) >= 11 is 12.0. The van der Waals surface area contributed by atoms with E-state index >= 15 is 0 Å². The van der Waals surface area contributed by atoms with Crippen molar-refractivity contribution in [3.63, 3.8) is 0 Å². The predicted molar refractivity (Wildman–Crippen MR) is 209 cm³/mol. The molecule has 0 radical (unpaired) electrons.